The van der Waals surface area contributed by atoms with E-state index in [9.17, 15) is 4.79 Å². The summed E-state index contributed by atoms with van der Waals surface area (Å²) in [6, 6.07) is 11.2. The highest BCUT2D eigenvalue weighted by atomic mass is 35.5. The number of amides is 1. The monoisotopic (exact) mass is 435 g/mol. The van der Waals surface area contributed by atoms with E-state index in [4.69, 9.17) is 11.6 Å². The van der Waals surface area contributed by atoms with Crippen LogP contribution in [-0.2, 0) is 0 Å². The van der Waals surface area contributed by atoms with Gasteiger partial charge in [-0.1, -0.05) is 29.8 Å². The van der Waals surface area contributed by atoms with Crippen LogP contribution in [0.2, 0.25) is 5.02 Å². The average Bonchev–Trinajstić information content (AvgIpc) is 3.17. The zero-order valence-electron chi connectivity index (χ0n) is 14.9. The fourth-order valence-corrected chi connectivity index (χ4v) is 3.85. The fraction of sp³-hybridized carbons (Fsp3) is 0.211. The molecule has 0 unspecified atom stereocenters. The van der Waals surface area contributed by atoms with Crippen molar-refractivity contribution in [3.63, 3.8) is 0 Å². The second kappa shape index (κ2) is 9.34. The van der Waals surface area contributed by atoms with Gasteiger partial charge in [0.25, 0.3) is 5.91 Å². The summed E-state index contributed by atoms with van der Waals surface area (Å²) in [5.74, 6) is -0.276. The number of pyridine rings is 1. The summed E-state index contributed by atoms with van der Waals surface area (Å²) in [6.07, 6.45) is 1.75. The predicted octanol–water partition coefficient (Wildman–Crippen LogP) is 3.94. The topological polar surface area (TPSA) is 70.2 Å². The van der Waals surface area contributed by atoms with Gasteiger partial charge in [0.1, 0.15) is 5.69 Å². The first-order chi connectivity index (χ1) is 13.2. The van der Waals surface area contributed by atoms with Crippen LogP contribution in [0.5, 0.6) is 0 Å². The van der Waals surface area contributed by atoms with E-state index in [-0.39, 0.29) is 18.3 Å². The molecule has 1 amide bonds. The van der Waals surface area contributed by atoms with Gasteiger partial charge in [0.2, 0.25) is 0 Å². The number of benzene rings is 1. The largest absolute Gasteiger partial charge is 0.368 e. The number of nitrogens with one attached hydrogen (secondary N) is 2. The number of anilines is 2. The Kier molecular flexibility index (Phi) is 6.85. The third-order valence-corrected chi connectivity index (χ3v) is 5.42. The summed E-state index contributed by atoms with van der Waals surface area (Å²) in [4.78, 5) is 23.5. The fourth-order valence-electron chi connectivity index (χ4n) is 2.92. The van der Waals surface area contributed by atoms with Crippen LogP contribution in [0.3, 0.4) is 0 Å². The second-order valence-electron chi connectivity index (χ2n) is 6.11. The number of halogens is 2. The van der Waals surface area contributed by atoms with E-state index < -0.39 is 0 Å². The first-order valence-corrected chi connectivity index (χ1v) is 9.90. The van der Waals surface area contributed by atoms with Crippen molar-refractivity contribution in [1.29, 1.82) is 0 Å². The van der Waals surface area contributed by atoms with Gasteiger partial charge in [-0.2, -0.15) is 0 Å². The SMILES string of the molecule is Cl.O=C(Nc1nc(-c2ccccc2Cl)cs1)c1ccc(N2CCNCC2)cn1. The maximum atomic E-state index is 12.5. The van der Waals surface area contributed by atoms with E-state index >= 15 is 0 Å². The predicted molar refractivity (Wildman–Crippen MR) is 117 cm³/mol. The van der Waals surface area contributed by atoms with Crippen molar-refractivity contribution in [1.82, 2.24) is 15.3 Å². The van der Waals surface area contributed by atoms with E-state index in [0.717, 1.165) is 43.1 Å². The van der Waals surface area contributed by atoms with Crippen molar-refractivity contribution in [3.8, 4) is 11.3 Å². The lowest BCUT2D eigenvalue weighted by Crippen LogP contribution is -2.43. The lowest BCUT2D eigenvalue weighted by molar-refractivity contribution is 0.102. The quantitative estimate of drug-likeness (QED) is 0.649. The molecule has 0 aliphatic carbocycles. The summed E-state index contributed by atoms with van der Waals surface area (Å²) >= 11 is 7.57. The Morgan fingerprint density at radius 2 is 1.96 bits per heavy atom. The van der Waals surface area contributed by atoms with Crippen LogP contribution < -0.4 is 15.5 Å². The molecule has 146 valence electrons. The maximum absolute atomic E-state index is 12.5. The van der Waals surface area contributed by atoms with Gasteiger partial charge < -0.3 is 10.2 Å². The van der Waals surface area contributed by atoms with Gasteiger partial charge in [-0.25, -0.2) is 9.97 Å². The van der Waals surface area contributed by atoms with Crippen LogP contribution in [0.4, 0.5) is 10.8 Å². The number of hydrogen-bond donors (Lipinski definition) is 2. The zero-order valence-corrected chi connectivity index (χ0v) is 17.3. The second-order valence-corrected chi connectivity index (χ2v) is 7.38. The minimum Gasteiger partial charge on any atom is -0.368 e. The molecule has 2 aromatic heterocycles. The Bertz CT molecular complexity index is 942. The zero-order chi connectivity index (χ0) is 18.6. The Labute approximate surface area is 178 Å². The highest BCUT2D eigenvalue weighted by Gasteiger charge is 2.14. The van der Waals surface area contributed by atoms with Crippen LogP contribution in [0.25, 0.3) is 11.3 Å². The molecule has 1 aliphatic heterocycles. The molecule has 1 saturated heterocycles. The van der Waals surface area contributed by atoms with Crippen molar-refractivity contribution in [3.05, 3.63) is 58.7 Å². The van der Waals surface area contributed by atoms with Crippen molar-refractivity contribution in [2.24, 2.45) is 0 Å². The van der Waals surface area contributed by atoms with E-state index in [1.165, 1.54) is 11.3 Å². The summed E-state index contributed by atoms with van der Waals surface area (Å²) in [6.45, 7) is 3.80. The van der Waals surface area contributed by atoms with E-state index in [0.29, 0.717) is 15.8 Å². The summed E-state index contributed by atoms with van der Waals surface area (Å²) in [5.41, 5.74) is 2.98. The third-order valence-electron chi connectivity index (χ3n) is 4.34. The molecule has 9 heteroatoms. The lowest BCUT2D eigenvalue weighted by Gasteiger charge is -2.29. The third kappa shape index (κ3) is 4.62. The normalized spacial score (nSPS) is 13.7. The minimum absolute atomic E-state index is 0. The number of nitrogens with zero attached hydrogens (tertiary/aromatic N) is 3. The lowest BCUT2D eigenvalue weighted by atomic mass is 10.2. The van der Waals surface area contributed by atoms with Crippen molar-refractivity contribution < 1.29 is 4.79 Å². The minimum atomic E-state index is -0.276. The van der Waals surface area contributed by atoms with Gasteiger partial charge in [-0.15, -0.1) is 23.7 Å². The van der Waals surface area contributed by atoms with Crippen molar-refractivity contribution in [2.75, 3.05) is 36.4 Å². The van der Waals surface area contributed by atoms with Crippen molar-refractivity contribution >= 4 is 52.1 Å². The molecule has 28 heavy (non-hydrogen) atoms. The molecule has 3 heterocycles. The van der Waals surface area contributed by atoms with Gasteiger partial charge >= 0.3 is 0 Å². The number of carbonyl (C=O) groups is 1. The van der Waals surface area contributed by atoms with Crippen LogP contribution in [0.15, 0.2) is 48.0 Å². The maximum Gasteiger partial charge on any atom is 0.276 e. The summed E-state index contributed by atoms with van der Waals surface area (Å²) in [5, 5.41) is 9.14. The molecule has 4 rings (SSSR count). The van der Waals surface area contributed by atoms with E-state index in [1.54, 1.807) is 12.3 Å². The van der Waals surface area contributed by atoms with Crippen LogP contribution in [0.1, 0.15) is 10.5 Å². The van der Waals surface area contributed by atoms with Gasteiger partial charge in [0.05, 0.1) is 17.6 Å². The molecule has 0 radical (unpaired) electrons. The summed E-state index contributed by atoms with van der Waals surface area (Å²) in [7, 11) is 0. The molecule has 3 aromatic rings. The molecule has 0 spiro atoms. The van der Waals surface area contributed by atoms with Gasteiger partial charge in [-0.05, 0) is 18.2 Å². The number of thiazole rings is 1. The number of aromatic nitrogens is 2. The molecule has 0 atom stereocenters. The highest BCUT2D eigenvalue weighted by molar-refractivity contribution is 7.14. The van der Waals surface area contributed by atoms with Crippen molar-refractivity contribution in [2.45, 2.75) is 0 Å². The first-order valence-electron chi connectivity index (χ1n) is 8.64. The molecule has 0 bridgehead atoms. The molecule has 1 fully saturated rings. The Hall–Kier alpha value is -2.19. The smallest absolute Gasteiger partial charge is 0.276 e. The Balaban J connectivity index is 0.00000225. The van der Waals surface area contributed by atoms with E-state index in [2.05, 4.69) is 25.5 Å². The Morgan fingerprint density at radius 3 is 2.68 bits per heavy atom. The molecule has 1 aliphatic rings. The van der Waals surface area contributed by atoms with Crippen LogP contribution in [-0.4, -0.2) is 42.1 Å². The van der Waals surface area contributed by atoms with Gasteiger partial charge in [-0.3, -0.25) is 10.1 Å². The van der Waals surface area contributed by atoms with Crippen LogP contribution >= 0.6 is 35.3 Å². The number of hydrogen-bond acceptors (Lipinski definition) is 6. The average molecular weight is 436 g/mol. The molecular weight excluding hydrogens is 417 g/mol. The number of carbonyl (C=O) groups excluding carboxylic acids is 1. The Morgan fingerprint density at radius 1 is 1.18 bits per heavy atom. The number of piperazine rings is 1. The molecular formula is C19H19Cl2N5OS. The highest BCUT2D eigenvalue weighted by Crippen LogP contribution is 2.30. The molecule has 2 N–H and O–H groups in total. The standard InChI is InChI=1S/C19H18ClN5OS.ClH/c20-15-4-2-1-3-14(15)17-12-27-19(23-17)24-18(26)16-6-5-13(11-22-16)25-9-7-21-8-10-25;/h1-6,11-12,21H,7-10H2,(H,23,24,26);1H. The summed E-state index contributed by atoms with van der Waals surface area (Å²) < 4.78 is 0. The number of rotatable bonds is 4. The molecule has 0 saturated carbocycles. The molecule has 6 nitrogen and oxygen atoms in total. The van der Waals surface area contributed by atoms with E-state index in [1.807, 2.05) is 35.7 Å². The van der Waals surface area contributed by atoms with Gasteiger partial charge in [0, 0.05) is 42.1 Å². The molecule has 1 aromatic carbocycles. The van der Waals surface area contributed by atoms with Crippen LogP contribution in [0, 0.1) is 0 Å². The van der Waals surface area contributed by atoms with Gasteiger partial charge in [0.15, 0.2) is 5.13 Å². The first kappa shape index (κ1) is 20.5.